The molecule has 4 rings (SSSR count). The van der Waals surface area contributed by atoms with Crippen molar-refractivity contribution in [1.82, 2.24) is 19.4 Å². The van der Waals surface area contributed by atoms with Crippen molar-refractivity contribution in [1.29, 1.82) is 0 Å². The molecule has 31 heavy (non-hydrogen) atoms. The minimum atomic E-state index is -3.73. The molecule has 9 nitrogen and oxygen atoms in total. The lowest BCUT2D eigenvalue weighted by Gasteiger charge is -2.30. The predicted octanol–water partition coefficient (Wildman–Crippen LogP) is 2.41. The molecular weight excluding hydrogens is 427 g/mol. The number of halogens is 1. The maximum atomic E-state index is 13.1. The molecule has 0 spiro atoms. The Morgan fingerprint density at radius 2 is 1.94 bits per heavy atom. The lowest BCUT2D eigenvalue weighted by molar-refractivity contribution is -0.152. The first-order chi connectivity index (χ1) is 14.9. The van der Waals surface area contributed by atoms with Crippen LogP contribution in [0.4, 0.5) is 4.39 Å². The van der Waals surface area contributed by atoms with Gasteiger partial charge in [-0.1, -0.05) is 5.16 Å². The normalized spacial score (nSPS) is 15.6. The van der Waals surface area contributed by atoms with Crippen LogP contribution in [0.15, 0.2) is 58.2 Å². The number of nitrogens with zero attached hydrogens (tertiary/aromatic N) is 4. The van der Waals surface area contributed by atoms with Crippen molar-refractivity contribution in [3.8, 4) is 11.4 Å². The van der Waals surface area contributed by atoms with Crippen LogP contribution in [0.5, 0.6) is 0 Å². The Balaban J connectivity index is 1.30. The first-order valence-electron chi connectivity index (χ1n) is 9.59. The monoisotopic (exact) mass is 446 g/mol. The number of sulfonamides is 1. The molecule has 0 N–H and O–H groups in total. The molecule has 2 aromatic heterocycles. The smallest absolute Gasteiger partial charge is 0.309 e. The minimum absolute atomic E-state index is 0.0238. The summed E-state index contributed by atoms with van der Waals surface area (Å²) in [6, 6.07) is 8.20. The highest BCUT2D eigenvalue weighted by Crippen LogP contribution is 2.25. The lowest BCUT2D eigenvalue weighted by Crippen LogP contribution is -2.40. The fraction of sp³-hybridized carbons (Fsp3) is 0.300. The highest BCUT2D eigenvalue weighted by atomic mass is 32.2. The minimum Gasteiger partial charge on any atom is -0.455 e. The largest absolute Gasteiger partial charge is 0.455 e. The summed E-state index contributed by atoms with van der Waals surface area (Å²) in [5.74, 6) is -0.878. The number of pyridine rings is 1. The Labute approximate surface area is 177 Å². The van der Waals surface area contributed by atoms with Gasteiger partial charge in [-0.15, -0.1) is 0 Å². The van der Waals surface area contributed by atoms with Gasteiger partial charge in [0, 0.05) is 31.0 Å². The standard InChI is InChI=1S/C20H19FN4O5S/c21-16-3-5-17(6-4-16)31(27,28)25-10-7-14(8-11-25)20(26)29-13-18-23-19(24-30-18)15-2-1-9-22-12-15/h1-6,9,12,14H,7-8,10-11,13H2. The number of carbonyl (C=O) groups excluding carboxylic acids is 1. The summed E-state index contributed by atoms with van der Waals surface area (Å²) in [6.07, 6.45) is 3.87. The van der Waals surface area contributed by atoms with Crippen LogP contribution in [0.3, 0.4) is 0 Å². The van der Waals surface area contributed by atoms with Crippen molar-refractivity contribution < 1.29 is 26.9 Å². The maximum Gasteiger partial charge on any atom is 0.309 e. The number of ether oxygens (including phenoxy) is 1. The van der Waals surface area contributed by atoms with E-state index in [1.165, 1.54) is 16.4 Å². The van der Waals surface area contributed by atoms with E-state index in [1.54, 1.807) is 24.5 Å². The maximum absolute atomic E-state index is 13.1. The van der Waals surface area contributed by atoms with E-state index in [2.05, 4.69) is 15.1 Å². The van der Waals surface area contributed by atoms with Crippen LogP contribution >= 0.6 is 0 Å². The van der Waals surface area contributed by atoms with Crippen LogP contribution in [0.1, 0.15) is 18.7 Å². The zero-order valence-electron chi connectivity index (χ0n) is 16.3. The summed E-state index contributed by atoms with van der Waals surface area (Å²) in [5, 5.41) is 3.83. The summed E-state index contributed by atoms with van der Waals surface area (Å²) in [5.41, 5.74) is 0.679. The topological polar surface area (TPSA) is 115 Å². The fourth-order valence-corrected chi connectivity index (χ4v) is 4.73. The van der Waals surface area contributed by atoms with Crippen molar-refractivity contribution in [2.24, 2.45) is 5.92 Å². The van der Waals surface area contributed by atoms with Crippen molar-refractivity contribution >= 4 is 16.0 Å². The molecule has 0 unspecified atom stereocenters. The number of hydrogen-bond acceptors (Lipinski definition) is 8. The van der Waals surface area contributed by atoms with Gasteiger partial charge in [0.25, 0.3) is 5.89 Å². The molecule has 1 aliphatic rings. The van der Waals surface area contributed by atoms with Crippen LogP contribution in [0.2, 0.25) is 0 Å². The van der Waals surface area contributed by atoms with E-state index in [4.69, 9.17) is 9.26 Å². The molecule has 1 saturated heterocycles. The van der Waals surface area contributed by atoms with Crippen LogP contribution in [-0.2, 0) is 26.2 Å². The highest BCUT2D eigenvalue weighted by Gasteiger charge is 2.33. The second-order valence-corrected chi connectivity index (χ2v) is 8.93. The Bertz CT molecular complexity index is 1140. The van der Waals surface area contributed by atoms with Crippen LogP contribution in [0, 0.1) is 11.7 Å². The summed E-state index contributed by atoms with van der Waals surface area (Å²) >= 11 is 0. The molecule has 1 aromatic carbocycles. The van der Waals surface area contributed by atoms with Gasteiger partial charge in [-0.2, -0.15) is 9.29 Å². The molecule has 0 atom stereocenters. The number of aromatic nitrogens is 3. The van der Waals surface area contributed by atoms with Gasteiger partial charge < -0.3 is 9.26 Å². The van der Waals surface area contributed by atoms with Crippen LogP contribution in [0.25, 0.3) is 11.4 Å². The molecule has 1 fully saturated rings. The molecule has 0 amide bonds. The fourth-order valence-electron chi connectivity index (χ4n) is 3.26. The van der Waals surface area contributed by atoms with Crippen molar-refractivity contribution in [2.75, 3.05) is 13.1 Å². The van der Waals surface area contributed by atoms with Gasteiger partial charge in [-0.25, -0.2) is 12.8 Å². The molecule has 11 heteroatoms. The molecule has 0 bridgehead atoms. The average Bonchev–Trinajstić information content (AvgIpc) is 3.27. The third-order valence-electron chi connectivity index (χ3n) is 4.96. The quantitative estimate of drug-likeness (QED) is 0.530. The molecule has 3 aromatic rings. The van der Waals surface area contributed by atoms with Gasteiger partial charge >= 0.3 is 5.97 Å². The van der Waals surface area contributed by atoms with E-state index in [0.29, 0.717) is 24.2 Å². The number of rotatable bonds is 6. The molecule has 0 radical (unpaired) electrons. The zero-order valence-corrected chi connectivity index (χ0v) is 17.2. The van der Waals surface area contributed by atoms with E-state index >= 15 is 0 Å². The third-order valence-corrected chi connectivity index (χ3v) is 6.88. The summed E-state index contributed by atoms with van der Waals surface area (Å²) < 4.78 is 50.0. The number of hydrogen-bond donors (Lipinski definition) is 0. The van der Waals surface area contributed by atoms with Gasteiger partial charge in [0.1, 0.15) is 5.82 Å². The molecular formula is C20H19FN4O5S. The van der Waals surface area contributed by atoms with Crippen LogP contribution in [-0.4, -0.2) is 46.9 Å². The SMILES string of the molecule is O=C(OCc1nc(-c2cccnc2)no1)C1CCN(S(=O)(=O)c2ccc(F)cc2)CC1. The van der Waals surface area contributed by atoms with Crippen molar-refractivity contribution in [3.63, 3.8) is 0 Å². The van der Waals surface area contributed by atoms with Crippen LogP contribution < -0.4 is 0 Å². The molecule has 0 aliphatic carbocycles. The predicted molar refractivity (Wildman–Crippen MR) is 105 cm³/mol. The Morgan fingerprint density at radius 1 is 1.19 bits per heavy atom. The lowest BCUT2D eigenvalue weighted by atomic mass is 9.98. The zero-order chi connectivity index (χ0) is 21.8. The number of benzene rings is 1. The summed E-state index contributed by atoms with van der Waals surface area (Å²) in [4.78, 5) is 20.6. The molecule has 0 saturated carbocycles. The van der Waals surface area contributed by atoms with Crippen molar-refractivity contribution in [3.05, 3.63) is 60.5 Å². The number of carbonyl (C=O) groups is 1. The molecule has 1 aliphatic heterocycles. The van der Waals surface area contributed by atoms with Gasteiger partial charge in [0.05, 0.1) is 10.8 Å². The van der Waals surface area contributed by atoms with Gasteiger partial charge in [-0.05, 0) is 49.2 Å². The second-order valence-electron chi connectivity index (χ2n) is 6.99. The Hall–Kier alpha value is -3.18. The second kappa shape index (κ2) is 8.90. The molecule has 3 heterocycles. The average molecular weight is 446 g/mol. The van der Waals surface area contributed by atoms with E-state index < -0.39 is 27.7 Å². The Morgan fingerprint density at radius 3 is 2.61 bits per heavy atom. The third kappa shape index (κ3) is 4.78. The molecule has 162 valence electrons. The number of esters is 1. The van der Waals surface area contributed by atoms with E-state index in [-0.39, 0.29) is 30.5 Å². The Kier molecular flexibility index (Phi) is 6.05. The summed E-state index contributed by atoms with van der Waals surface area (Å²) in [7, 11) is -3.73. The van der Waals surface area contributed by atoms with E-state index in [0.717, 1.165) is 12.1 Å². The van der Waals surface area contributed by atoms with Gasteiger partial charge in [-0.3, -0.25) is 9.78 Å². The highest BCUT2D eigenvalue weighted by molar-refractivity contribution is 7.89. The van der Waals surface area contributed by atoms with E-state index in [9.17, 15) is 17.6 Å². The van der Waals surface area contributed by atoms with E-state index in [1.807, 2.05) is 0 Å². The first kappa shape index (κ1) is 21.1. The number of piperidine rings is 1. The summed E-state index contributed by atoms with van der Waals surface area (Å²) in [6.45, 7) is 0.177. The van der Waals surface area contributed by atoms with Crippen molar-refractivity contribution in [2.45, 2.75) is 24.3 Å². The van der Waals surface area contributed by atoms with Gasteiger partial charge in [0.2, 0.25) is 15.8 Å². The van der Waals surface area contributed by atoms with Gasteiger partial charge in [0.15, 0.2) is 6.61 Å². The first-order valence-corrected chi connectivity index (χ1v) is 11.0.